The van der Waals surface area contributed by atoms with E-state index < -0.39 is 5.41 Å². The zero-order valence-corrected chi connectivity index (χ0v) is 34.6. The quantitative estimate of drug-likeness (QED) is 0.176. The number of thiophene rings is 1. The van der Waals surface area contributed by atoms with Crippen LogP contribution in [0.1, 0.15) is 47.6 Å². The highest BCUT2D eigenvalue weighted by Gasteiger charge is 2.50. The largest absolute Gasteiger partial charge is 0.454 e. The molecule has 2 nitrogen and oxygen atoms in total. The summed E-state index contributed by atoms with van der Waals surface area (Å²) >= 11 is 1.92. The average Bonchev–Trinajstić information content (AvgIpc) is 3.96. The van der Waals surface area contributed by atoms with Crippen molar-refractivity contribution in [2.45, 2.75) is 25.2 Å². The Labute approximate surface area is 358 Å². The van der Waals surface area contributed by atoms with Crippen LogP contribution in [0.15, 0.2) is 199 Å². The van der Waals surface area contributed by atoms with E-state index in [-0.39, 0.29) is 0 Å². The fraction of sp³-hybridized carbons (Fsp3) is 0.0690. The monoisotopic (exact) mass is 797 g/mol. The smallest absolute Gasteiger partial charge is 0.159 e. The molecule has 2 heterocycles. The van der Waals surface area contributed by atoms with E-state index in [1.165, 1.54) is 81.4 Å². The molecule has 288 valence electrons. The Hall–Kier alpha value is -7.20. The van der Waals surface area contributed by atoms with Gasteiger partial charge in [0.2, 0.25) is 0 Å². The fourth-order valence-electron chi connectivity index (χ4n) is 10.8. The molecule has 2 aliphatic carbocycles. The van der Waals surface area contributed by atoms with Gasteiger partial charge in [-0.3, -0.25) is 0 Å². The standard InChI is InChI=1S/C58H39NOS/c1-35(2)36-26-28-37(29-27-36)59(52-23-13-20-44-42-17-7-11-24-53(42)60-56(44)52)38-30-32-50-47(34-38)40-15-4-3-14-39(40)41-16-5-9-21-48(41)58(50)49-22-10-6-19-46(49)55-51(58)33-31-45-43-18-8-12-25-54(43)61-57(45)55/h3-35H,1-2H3. The predicted octanol–water partition coefficient (Wildman–Crippen LogP) is 16.6. The van der Waals surface area contributed by atoms with E-state index in [2.05, 4.69) is 213 Å². The van der Waals surface area contributed by atoms with Gasteiger partial charge in [0.15, 0.2) is 5.58 Å². The predicted molar refractivity (Wildman–Crippen MR) is 257 cm³/mol. The molecule has 0 fully saturated rings. The number of furan rings is 1. The van der Waals surface area contributed by atoms with E-state index in [1.54, 1.807) is 0 Å². The van der Waals surface area contributed by atoms with E-state index >= 15 is 0 Å². The highest BCUT2D eigenvalue weighted by molar-refractivity contribution is 7.26. The van der Waals surface area contributed by atoms with Gasteiger partial charge in [0.05, 0.1) is 11.1 Å². The second-order valence-corrected chi connectivity index (χ2v) is 18.0. The second kappa shape index (κ2) is 12.9. The van der Waals surface area contributed by atoms with Gasteiger partial charge in [0.25, 0.3) is 0 Å². The molecule has 2 aromatic heterocycles. The number of benzene rings is 9. The van der Waals surface area contributed by atoms with Crippen molar-refractivity contribution >= 4 is 70.5 Å². The Balaban J connectivity index is 1.14. The molecule has 0 saturated carbocycles. The van der Waals surface area contributed by atoms with Crippen molar-refractivity contribution < 1.29 is 4.42 Å². The fourth-order valence-corrected chi connectivity index (χ4v) is 12.1. The molecule has 3 heteroatoms. The van der Waals surface area contributed by atoms with Crippen molar-refractivity contribution in [2.75, 3.05) is 4.90 Å². The molecular weight excluding hydrogens is 759 g/mol. The number of hydrogen-bond donors (Lipinski definition) is 0. The zero-order valence-electron chi connectivity index (χ0n) is 33.8. The number of para-hydroxylation sites is 2. The molecule has 0 N–H and O–H groups in total. The minimum absolute atomic E-state index is 0.425. The van der Waals surface area contributed by atoms with Crippen LogP contribution < -0.4 is 4.90 Å². The highest BCUT2D eigenvalue weighted by atomic mass is 32.1. The van der Waals surface area contributed by atoms with E-state index in [4.69, 9.17) is 4.42 Å². The highest BCUT2D eigenvalue weighted by Crippen LogP contribution is 2.63. The van der Waals surface area contributed by atoms with Crippen LogP contribution in [0.4, 0.5) is 17.1 Å². The van der Waals surface area contributed by atoms with Gasteiger partial charge < -0.3 is 9.32 Å². The van der Waals surface area contributed by atoms with Crippen LogP contribution in [0.5, 0.6) is 0 Å². The van der Waals surface area contributed by atoms with Crippen LogP contribution in [-0.2, 0) is 5.41 Å². The summed E-state index contributed by atoms with van der Waals surface area (Å²) in [5, 5.41) is 4.88. The Kier molecular flexibility index (Phi) is 7.33. The first kappa shape index (κ1) is 34.6. The van der Waals surface area contributed by atoms with Crippen LogP contribution in [-0.4, -0.2) is 0 Å². The first-order valence-electron chi connectivity index (χ1n) is 21.3. The third kappa shape index (κ3) is 4.73. The first-order valence-corrected chi connectivity index (χ1v) is 22.1. The Morgan fingerprint density at radius 2 is 1.07 bits per heavy atom. The third-order valence-electron chi connectivity index (χ3n) is 13.5. The van der Waals surface area contributed by atoms with Gasteiger partial charge in [-0.2, -0.15) is 0 Å². The van der Waals surface area contributed by atoms with Crippen LogP contribution in [0.25, 0.3) is 75.5 Å². The van der Waals surface area contributed by atoms with Gasteiger partial charge in [-0.15, -0.1) is 11.3 Å². The molecule has 11 aromatic rings. The lowest BCUT2D eigenvalue weighted by Gasteiger charge is -2.36. The van der Waals surface area contributed by atoms with E-state index in [1.807, 2.05) is 11.3 Å². The maximum Gasteiger partial charge on any atom is 0.159 e. The summed E-state index contributed by atoms with van der Waals surface area (Å²) in [4.78, 5) is 2.40. The molecule has 0 radical (unpaired) electrons. The van der Waals surface area contributed by atoms with Crippen molar-refractivity contribution in [1.29, 1.82) is 0 Å². The van der Waals surface area contributed by atoms with Crippen molar-refractivity contribution in [3.05, 3.63) is 222 Å². The lowest BCUT2D eigenvalue weighted by Crippen LogP contribution is -2.29. The van der Waals surface area contributed by atoms with Gasteiger partial charge in [0, 0.05) is 47.9 Å². The molecule has 2 aliphatic rings. The van der Waals surface area contributed by atoms with Gasteiger partial charge in [0.1, 0.15) is 5.58 Å². The summed E-state index contributed by atoms with van der Waals surface area (Å²) in [6, 6.07) is 72.4. The Bertz CT molecular complexity index is 3590. The SMILES string of the molecule is CC(C)c1ccc(N(c2ccc3c(c2)-c2ccccc2-c2ccccc2C32c3ccccc3-c3c2ccc2c3sc3ccccc32)c2cccc3c2oc2ccccc23)cc1. The summed E-state index contributed by atoms with van der Waals surface area (Å²) in [7, 11) is 0. The lowest BCUT2D eigenvalue weighted by molar-refractivity contribution is 0.669. The Morgan fingerprint density at radius 3 is 1.87 bits per heavy atom. The summed E-state index contributed by atoms with van der Waals surface area (Å²) in [5.41, 5.74) is 18.6. The summed E-state index contributed by atoms with van der Waals surface area (Å²) in [6.07, 6.45) is 0. The van der Waals surface area contributed by atoms with Crippen molar-refractivity contribution in [2.24, 2.45) is 0 Å². The molecule has 1 unspecified atom stereocenters. The third-order valence-corrected chi connectivity index (χ3v) is 14.7. The maximum absolute atomic E-state index is 6.77. The second-order valence-electron chi connectivity index (χ2n) is 16.9. The summed E-state index contributed by atoms with van der Waals surface area (Å²) in [6.45, 7) is 4.51. The van der Waals surface area contributed by atoms with Gasteiger partial charge >= 0.3 is 0 Å². The molecule has 0 saturated heterocycles. The Morgan fingerprint density at radius 1 is 0.459 bits per heavy atom. The normalized spacial score (nSPS) is 14.9. The number of anilines is 3. The van der Waals surface area contributed by atoms with Gasteiger partial charge in [-0.1, -0.05) is 166 Å². The maximum atomic E-state index is 6.77. The lowest BCUT2D eigenvalue weighted by atomic mass is 9.66. The molecule has 1 spiro atoms. The van der Waals surface area contributed by atoms with Crippen LogP contribution in [0.2, 0.25) is 0 Å². The number of nitrogens with zero attached hydrogens (tertiary/aromatic N) is 1. The molecule has 13 rings (SSSR count). The van der Waals surface area contributed by atoms with E-state index in [9.17, 15) is 0 Å². The summed E-state index contributed by atoms with van der Waals surface area (Å²) < 4.78 is 9.45. The van der Waals surface area contributed by atoms with E-state index in [0.717, 1.165) is 39.0 Å². The first-order chi connectivity index (χ1) is 30.1. The average molecular weight is 798 g/mol. The molecule has 1 atom stereocenters. The topological polar surface area (TPSA) is 16.4 Å². The van der Waals surface area contributed by atoms with Gasteiger partial charge in [-0.25, -0.2) is 0 Å². The van der Waals surface area contributed by atoms with Crippen LogP contribution in [0.3, 0.4) is 0 Å². The van der Waals surface area contributed by atoms with Crippen molar-refractivity contribution in [3.63, 3.8) is 0 Å². The number of hydrogen-bond acceptors (Lipinski definition) is 3. The number of rotatable bonds is 4. The molecule has 9 aromatic carbocycles. The van der Waals surface area contributed by atoms with Crippen molar-refractivity contribution in [1.82, 2.24) is 0 Å². The number of fused-ring (bicyclic) bond motifs is 19. The molecule has 61 heavy (non-hydrogen) atoms. The minimum Gasteiger partial charge on any atom is -0.454 e. The van der Waals surface area contributed by atoms with Crippen molar-refractivity contribution in [3.8, 4) is 33.4 Å². The zero-order chi connectivity index (χ0) is 40.4. The van der Waals surface area contributed by atoms with E-state index in [0.29, 0.717) is 5.92 Å². The summed E-state index contributed by atoms with van der Waals surface area (Å²) in [5.74, 6) is 0.425. The van der Waals surface area contributed by atoms with Gasteiger partial charge in [-0.05, 0) is 104 Å². The molecule has 0 bridgehead atoms. The van der Waals surface area contributed by atoms with Crippen LogP contribution >= 0.6 is 11.3 Å². The minimum atomic E-state index is -0.581. The van der Waals surface area contributed by atoms with Crippen LogP contribution in [0, 0.1) is 0 Å². The molecule has 0 amide bonds. The molecular formula is C58H39NOS. The molecule has 0 aliphatic heterocycles.